The number of carbonyl (C=O) groups excluding carboxylic acids is 1. The normalized spacial score (nSPS) is 7.80. The SMILES string of the molecule is CC(=O)[O-].CCCC.[Sn+3][c]1ccccc1. The topological polar surface area (TPSA) is 40.1 Å². The summed E-state index contributed by atoms with van der Waals surface area (Å²) < 4.78 is 1.41. The summed E-state index contributed by atoms with van der Waals surface area (Å²) in [5.41, 5.74) is 0. The molecule has 0 heterocycles. The van der Waals surface area contributed by atoms with Gasteiger partial charge in [0.2, 0.25) is 0 Å². The second-order valence-electron chi connectivity index (χ2n) is 2.86. The maximum atomic E-state index is 8.89. The Bertz CT molecular complexity index is 229. The van der Waals surface area contributed by atoms with Crippen LogP contribution in [0.1, 0.15) is 33.6 Å². The van der Waals surface area contributed by atoms with Gasteiger partial charge in [0.25, 0.3) is 0 Å². The minimum absolute atomic E-state index is 0.972. The Labute approximate surface area is 106 Å². The quantitative estimate of drug-likeness (QED) is 0.727. The van der Waals surface area contributed by atoms with Gasteiger partial charge in [-0.25, -0.2) is 0 Å². The van der Waals surface area contributed by atoms with Gasteiger partial charge in [-0.15, -0.1) is 0 Å². The van der Waals surface area contributed by atoms with Crippen LogP contribution in [-0.2, 0) is 4.79 Å². The van der Waals surface area contributed by atoms with Gasteiger partial charge in [0.05, 0.1) is 0 Å². The van der Waals surface area contributed by atoms with Crippen LogP contribution in [0.4, 0.5) is 0 Å². The summed E-state index contributed by atoms with van der Waals surface area (Å²) >= 11 is 1.49. The Morgan fingerprint density at radius 1 is 1.20 bits per heavy atom. The fourth-order valence-corrected chi connectivity index (χ4v) is 0.987. The first-order valence-electron chi connectivity index (χ1n) is 4.98. The molecule has 0 aromatic heterocycles. The van der Waals surface area contributed by atoms with Crippen molar-refractivity contribution in [2.75, 3.05) is 0 Å². The van der Waals surface area contributed by atoms with Crippen LogP contribution in [0.5, 0.6) is 0 Å². The van der Waals surface area contributed by atoms with Crippen LogP contribution in [0, 0.1) is 0 Å². The van der Waals surface area contributed by atoms with Crippen LogP contribution in [0.15, 0.2) is 30.3 Å². The van der Waals surface area contributed by atoms with Gasteiger partial charge in [-0.2, -0.15) is 0 Å². The molecule has 0 saturated heterocycles. The van der Waals surface area contributed by atoms with Crippen LogP contribution in [0.3, 0.4) is 0 Å². The van der Waals surface area contributed by atoms with E-state index < -0.39 is 5.97 Å². The van der Waals surface area contributed by atoms with Gasteiger partial charge in [-0.3, -0.25) is 0 Å². The molecule has 0 radical (unpaired) electrons. The molecule has 15 heavy (non-hydrogen) atoms. The molecular weight excluding hydrogens is 295 g/mol. The standard InChI is InChI=1S/C6H5.C4H10.C2H4O2.Sn/c1-2-4-6-5-3-1;1-3-4-2;1-2(3)4;/h1-5H;3-4H2,1-2H3;1H3,(H,3,4);/q;;;+3/p-1. The van der Waals surface area contributed by atoms with Crippen molar-refractivity contribution in [3.63, 3.8) is 0 Å². The van der Waals surface area contributed by atoms with Crippen LogP contribution >= 0.6 is 0 Å². The fraction of sp³-hybridized carbons (Fsp3) is 0.417. The molecule has 0 aliphatic rings. The number of hydrogen-bond acceptors (Lipinski definition) is 2. The van der Waals surface area contributed by atoms with Gasteiger partial charge in [0.1, 0.15) is 0 Å². The van der Waals surface area contributed by atoms with Gasteiger partial charge in [-0.05, 0) is 6.92 Å². The van der Waals surface area contributed by atoms with Crippen molar-refractivity contribution in [1.82, 2.24) is 0 Å². The van der Waals surface area contributed by atoms with Crippen molar-refractivity contribution in [1.29, 1.82) is 0 Å². The third-order valence-corrected chi connectivity index (χ3v) is 2.23. The summed E-state index contributed by atoms with van der Waals surface area (Å²) in [5, 5.41) is 8.89. The Balaban J connectivity index is 0. The average Bonchev–Trinajstić information content (AvgIpc) is 2.18. The number of benzene rings is 1. The Kier molecular flexibility index (Phi) is 15.2. The molecule has 0 aliphatic carbocycles. The summed E-state index contributed by atoms with van der Waals surface area (Å²) in [6.07, 6.45) is 2.64. The molecule has 0 fully saturated rings. The van der Waals surface area contributed by atoms with Gasteiger partial charge in [-0.1, -0.05) is 26.7 Å². The third-order valence-electron chi connectivity index (χ3n) is 1.27. The number of rotatable bonds is 1. The predicted molar refractivity (Wildman–Crippen MR) is 63.1 cm³/mol. The molecule has 0 spiro atoms. The zero-order valence-corrected chi connectivity index (χ0v) is 12.5. The second-order valence-corrected chi connectivity index (χ2v) is 4.51. The number of carboxylic acid groups (broad SMARTS) is 1. The van der Waals surface area contributed by atoms with Gasteiger partial charge < -0.3 is 9.90 Å². The molecule has 3 heteroatoms. The first-order valence-corrected chi connectivity index (χ1v) is 6.41. The van der Waals surface area contributed by atoms with Gasteiger partial charge in [0.15, 0.2) is 0 Å². The van der Waals surface area contributed by atoms with Crippen molar-refractivity contribution >= 4 is 32.1 Å². The summed E-state index contributed by atoms with van der Waals surface area (Å²) in [7, 11) is 0. The first kappa shape index (κ1) is 16.9. The fourth-order valence-electron chi connectivity index (χ4n) is 0.438. The zero-order chi connectivity index (χ0) is 12.1. The Morgan fingerprint density at radius 2 is 1.53 bits per heavy atom. The minimum atomic E-state index is -1.08. The molecule has 0 N–H and O–H groups in total. The second kappa shape index (κ2) is 13.5. The van der Waals surface area contributed by atoms with E-state index in [9.17, 15) is 0 Å². The van der Waals surface area contributed by atoms with Crippen molar-refractivity contribution < 1.29 is 9.90 Å². The number of carbonyl (C=O) groups is 1. The van der Waals surface area contributed by atoms with Gasteiger partial charge in [0, 0.05) is 5.97 Å². The van der Waals surface area contributed by atoms with Crippen LogP contribution < -0.4 is 8.69 Å². The molecule has 0 saturated carbocycles. The van der Waals surface area contributed by atoms with E-state index >= 15 is 0 Å². The van der Waals surface area contributed by atoms with Crippen molar-refractivity contribution in [3.05, 3.63) is 30.3 Å². The van der Waals surface area contributed by atoms with Crippen molar-refractivity contribution in [2.45, 2.75) is 33.6 Å². The molecule has 0 bridgehead atoms. The van der Waals surface area contributed by atoms with Crippen LogP contribution in [-0.4, -0.2) is 28.5 Å². The van der Waals surface area contributed by atoms with E-state index in [1.165, 1.54) is 38.9 Å². The summed E-state index contributed by atoms with van der Waals surface area (Å²) in [6, 6.07) is 10.4. The Hall–Kier alpha value is -0.511. The molecule has 80 valence electrons. The van der Waals surface area contributed by atoms with Crippen LogP contribution in [0.2, 0.25) is 0 Å². The van der Waals surface area contributed by atoms with Crippen molar-refractivity contribution in [2.24, 2.45) is 0 Å². The van der Waals surface area contributed by atoms with Gasteiger partial charge >= 0.3 is 56.4 Å². The average molecular weight is 313 g/mol. The Morgan fingerprint density at radius 3 is 1.67 bits per heavy atom. The monoisotopic (exact) mass is 314 g/mol. The predicted octanol–water partition coefficient (Wildman–Crippen LogP) is 1.04. The maximum absolute atomic E-state index is 8.89. The van der Waals surface area contributed by atoms with E-state index in [2.05, 4.69) is 38.1 Å². The van der Waals surface area contributed by atoms with E-state index in [4.69, 9.17) is 9.90 Å². The molecule has 0 amide bonds. The summed E-state index contributed by atoms with van der Waals surface area (Å²) in [5.74, 6) is -1.08. The van der Waals surface area contributed by atoms with Crippen LogP contribution in [0.25, 0.3) is 0 Å². The molecule has 0 unspecified atom stereocenters. The molecule has 1 aromatic carbocycles. The molecule has 1 aromatic rings. The van der Waals surface area contributed by atoms with E-state index in [-0.39, 0.29) is 0 Å². The van der Waals surface area contributed by atoms with E-state index in [0.29, 0.717) is 0 Å². The van der Waals surface area contributed by atoms with E-state index in [1.807, 2.05) is 6.07 Å². The summed E-state index contributed by atoms with van der Waals surface area (Å²) in [4.78, 5) is 8.89. The molecule has 1 rings (SSSR count). The summed E-state index contributed by atoms with van der Waals surface area (Å²) in [6.45, 7) is 5.33. The number of aliphatic carboxylic acids is 1. The number of carboxylic acids is 1. The number of hydrogen-bond donors (Lipinski definition) is 0. The zero-order valence-electron chi connectivity index (χ0n) is 9.62. The third kappa shape index (κ3) is 24.7. The van der Waals surface area contributed by atoms with E-state index in [0.717, 1.165) is 6.92 Å². The molecular formula is C12H18O2Sn+2. The molecule has 0 atom stereocenters. The molecule has 2 nitrogen and oxygen atoms in total. The first-order chi connectivity index (χ1) is 7.04. The molecule has 0 aliphatic heterocycles. The number of unbranched alkanes of at least 4 members (excludes halogenated alkanes) is 1. The van der Waals surface area contributed by atoms with Crippen molar-refractivity contribution in [3.8, 4) is 0 Å². The van der Waals surface area contributed by atoms with E-state index in [1.54, 1.807) is 0 Å².